The monoisotopic (exact) mass is 525 g/mol. The number of aliphatic hydroxyl groups excluding tert-OH is 2. The number of β-lactam (4-membered cyclic amide) rings is 1. The summed E-state index contributed by atoms with van der Waals surface area (Å²) in [7, 11) is 0. The van der Waals surface area contributed by atoms with Crippen LogP contribution in [-0.4, -0.2) is 74.0 Å². The average Bonchev–Trinajstić information content (AvgIpc) is 3.35. The van der Waals surface area contributed by atoms with E-state index in [0.29, 0.717) is 17.0 Å². The van der Waals surface area contributed by atoms with Crippen molar-refractivity contribution in [2.24, 2.45) is 5.92 Å². The molecule has 3 rings (SSSR count). The maximum atomic E-state index is 13.0. The summed E-state index contributed by atoms with van der Waals surface area (Å²) < 4.78 is 10.4. The molecule has 3 atom stereocenters. The van der Waals surface area contributed by atoms with Gasteiger partial charge >= 0.3 is 12.1 Å². The summed E-state index contributed by atoms with van der Waals surface area (Å²) in [6.45, 7) is 8.22. The number of hydrogen-bond acceptors (Lipinski definition) is 10. The minimum Gasteiger partial charge on any atom is -0.423 e. The molecule has 35 heavy (non-hydrogen) atoms. The maximum absolute atomic E-state index is 13.0. The number of thioether (sulfide) groups is 1. The molecular weight excluding hydrogens is 494 g/mol. The standard InChI is InChI=1S/C23H31N3O7S2/c1-12(2)25(13(3)4)23(31)33-11-32-22(30)20-18(8-16-19(14(5)28)21(29)26(16)20)34-7-6-17-15(9-27)24-10-35-17/h6-7,10,12-14,16,19,27-28H,8-9,11H2,1-5H3/t14-,16-,19-/m1/s1. The summed E-state index contributed by atoms with van der Waals surface area (Å²) in [5, 5.41) is 21.1. The molecule has 2 N–H and O–H groups in total. The normalized spacial score (nSPS) is 20.5. The van der Waals surface area contributed by atoms with Crippen molar-refractivity contribution in [2.45, 2.75) is 71.9 Å². The summed E-state index contributed by atoms with van der Waals surface area (Å²) in [6, 6.07) is -0.517. The Hall–Kier alpha value is -2.41. The Kier molecular flexibility index (Phi) is 8.97. The van der Waals surface area contributed by atoms with Crippen molar-refractivity contribution < 1.29 is 34.1 Å². The number of amides is 2. The van der Waals surface area contributed by atoms with E-state index >= 15 is 0 Å². The highest BCUT2D eigenvalue weighted by Crippen LogP contribution is 2.47. The van der Waals surface area contributed by atoms with Crippen LogP contribution in [0, 0.1) is 5.92 Å². The Morgan fingerprint density at radius 2 is 1.97 bits per heavy atom. The van der Waals surface area contributed by atoms with Gasteiger partial charge in [-0.05, 0) is 46.1 Å². The topological polar surface area (TPSA) is 130 Å². The molecule has 1 aromatic rings. The molecule has 2 aliphatic rings. The van der Waals surface area contributed by atoms with Gasteiger partial charge in [-0.1, -0.05) is 11.8 Å². The lowest BCUT2D eigenvalue weighted by atomic mass is 9.83. The Labute approximate surface area is 212 Å². The van der Waals surface area contributed by atoms with Crippen molar-refractivity contribution in [3.63, 3.8) is 0 Å². The first-order valence-electron chi connectivity index (χ1n) is 11.3. The van der Waals surface area contributed by atoms with Crippen molar-refractivity contribution in [1.82, 2.24) is 14.8 Å². The highest BCUT2D eigenvalue weighted by atomic mass is 32.2. The lowest BCUT2D eigenvalue weighted by Gasteiger charge is -2.44. The van der Waals surface area contributed by atoms with Gasteiger partial charge < -0.3 is 29.5 Å². The average molecular weight is 526 g/mol. The fraction of sp³-hybridized carbons (Fsp3) is 0.565. The van der Waals surface area contributed by atoms with E-state index in [1.165, 1.54) is 32.9 Å². The molecule has 12 heteroatoms. The maximum Gasteiger partial charge on any atom is 0.413 e. The molecule has 0 bridgehead atoms. The van der Waals surface area contributed by atoms with Crippen molar-refractivity contribution in [3.05, 3.63) is 32.1 Å². The molecule has 3 heterocycles. The molecule has 0 radical (unpaired) electrons. The van der Waals surface area contributed by atoms with E-state index in [9.17, 15) is 24.6 Å². The third-order valence-electron chi connectivity index (χ3n) is 5.83. The van der Waals surface area contributed by atoms with E-state index < -0.39 is 30.9 Å². The molecule has 0 unspecified atom stereocenters. The van der Waals surface area contributed by atoms with Crippen LogP contribution in [0.4, 0.5) is 4.79 Å². The molecular formula is C23H31N3O7S2. The Morgan fingerprint density at radius 3 is 2.57 bits per heavy atom. The third-order valence-corrected chi connectivity index (χ3v) is 7.58. The molecule has 1 aromatic heterocycles. The predicted octanol–water partition coefficient (Wildman–Crippen LogP) is 2.92. The summed E-state index contributed by atoms with van der Waals surface area (Å²) in [4.78, 5) is 46.4. The Balaban J connectivity index is 1.72. The van der Waals surface area contributed by atoms with Gasteiger partial charge in [-0.2, -0.15) is 0 Å². The number of fused-ring (bicyclic) bond motifs is 1. The number of esters is 1. The van der Waals surface area contributed by atoms with Gasteiger partial charge in [0.15, 0.2) is 0 Å². The fourth-order valence-electron chi connectivity index (χ4n) is 4.33. The number of ether oxygens (including phenoxy) is 2. The highest BCUT2D eigenvalue weighted by molar-refractivity contribution is 8.06. The molecule has 0 spiro atoms. The van der Waals surface area contributed by atoms with Crippen LogP contribution in [0.2, 0.25) is 0 Å². The van der Waals surface area contributed by atoms with Gasteiger partial charge in [-0.25, -0.2) is 14.6 Å². The lowest BCUT2D eigenvalue weighted by Crippen LogP contribution is -2.61. The molecule has 0 saturated carbocycles. The second-order valence-electron chi connectivity index (χ2n) is 8.81. The smallest absolute Gasteiger partial charge is 0.413 e. The van der Waals surface area contributed by atoms with Crippen LogP contribution in [0.1, 0.15) is 51.6 Å². The number of aromatic nitrogens is 1. The fourth-order valence-corrected chi connectivity index (χ4v) is 6.04. The van der Waals surface area contributed by atoms with Crippen LogP contribution in [-0.2, 0) is 25.7 Å². The van der Waals surface area contributed by atoms with Crippen LogP contribution in [0.3, 0.4) is 0 Å². The Bertz CT molecular complexity index is 1010. The number of aliphatic hydroxyl groups is 2. The second-order valence-corrected chi connectivity index (χ2v) is 10.7. The number of thiazole rings is 1. The van der Waals surface area contributed by atoms with Gasteiger partial charge in [0.05, 0.1) is 40.8 Å². The highest BCUT2D eigenvalue weighted by Gasteiger charge is 2.57. The molecule has 0 aliphatic carbocycles. The van der Waals surface area contributed by atoms with Crippen molar-refractivity contribution >= 4 is 47.1 Å². The van der Waals surface area contributed by atoms with Gasteiger partial charge in [-0.3, -0.25) is 4.79 Å². The molecule has 1 saturated heterocycles. The zero-order valence-electron chi connectivity index (χ0n) is 20.3. The van der Waals surface area contributed by atoms with Crippen molar-refractivity contribution in [3.8, 4) is 0 Å². The molecule has 1 fully saturated rings. The third kappa shape index (κ3) is 5.71. The summed E-state index contributed by atoms with van der Waals surface area (Å²) in [5.74, 6) is -1.71. The van der Waals surface area contributed by atoms with Crippen LogP contribution in [0.15, 0.2) is 21.5 Å². The zero-order chi connectivity index (χ0) is 25.9. The summed E-state index contributed by atoms with van der Waals surface area (Å²) in [6.07, 6.45) is 0.729. The SMILES string of the molecule is CC(C)N(C(=O)OCOC(=O)C1=C(SC=Cc2scnc2CO)C[C@@H]2[C@@H]([C@@H](C)O)C(=O)N12)C(C)C. The largest absolute Gasteiger partial charge is 0.423 e. The second kappa shape index (κ2) is 11.5. The van der Waals surface area contributed by atoms with Gasteiger partial charge in [0, 0.05) is 23.4 Å². The lowest BCUT2D eigenvalue weighted by molar-refractivity contribution is -0.165. The van der Waals surface area contributed by atoms with Crippen molar-refractivity contribution in [1.29, 1.82) is 0 Å². The van der Waals surface area contributed by atoms with Gasteiger partial charge in [-0.15, -0.1) is 11.3 Å². The quantitative estimate of drug-likeness (QED) is 0.269. The number of hydrogen-bond donors (Lipinski definition) is 2. The first-order valence-corrected chi connectivity index (χ1v) is 13.1. The van der Waals surface area contributed by atoms with E-state index in [1.54, 1.807) is 23.9 Å². The number of carbonyl (C=O) groups is 3. The minimum absolute atomic E-state index is 0.0905. The molecule has 192 valence electrons. The van der Waals surface area contributed by atoms with Gasteiger partial charge in [0.1, 0.15) is 5.70 Å². The summed E-state index contributed by atoms with van der Waals surface area (Å²) in [5.41, 5.74) is 2.28. The number of carbonyl (C=O) groups excluding carboxylic acids is 3. The first kappa shape index (κ1) is 27.2. The zero-order valence-corrected chi connectivity index (χ0v) is 22.0. The summed E-state index contributed by atoms with van der Waals surface area (Å²) >= 11 is 2.63. The first-order chi connectivity index (χ1) is 16.6. The Morgan fingerprint density at radius 1 is 1.29 bits per heavy atom. The minimum atomic E-state index is -0.843. The van der Waals surface area contributed by atoms with Gasteiger partial charge in [0.25, 0.3) is 0 Å². The number of nitrogens with zero attached hydrogens (tertiary/aromatic N) is 3. The van der Waals surface area contributed by atoms with E-state index in [-0.39, 0.29) is 36.3 Å². The van der Waals surface area contributed by atoms with Crippen molar-refractivity contribution in [2.75, 3.05) is 6.79 Å². The number of rotatable bonds is 10. The van der Waals surface area contributed by atoms with E-state index in [0.717, 1.165) is 4.88 Å². The van der Waals surface area contributed by atoms with E-state index in [4.69, 9.17) is 9.47 Å². The van der Waals surface area contributed by atoms with Crippen LogP contribution < -0.4 is 0 Å². The molecule has 0 aromatic carbocycles. The van der Waals surface area contributed by atoms with Gasteiger partial charge in [0.2, 0.25) is 12.7 Å². The predicted molar refractivity (Wildman–Crippen MR) is 132 cm³/mol. The van der Waals surface area contributed by atoms with E-state index in [1.807, 2.05) is 27.7 Å². The van der Waals surface area contributed by atoms with E-state index in [2.05, 4.69) is 4.98 Å². The molecule has 2 aliphatic heterocycles. The molecule has 10 nitrogen and oxygen atoms in total. The van der Waals surface area contributed by atoms with Crippen LogP contribution >= 0.6 is 23.1 Å². The van der Waals surface area contributed by atoms with Crippen LogP contribution in [0.25, 0.3) is 6.08 Å². The molecule has 2 amide bonds. The van der Waals surface area contributed by atoms with Crippen LogP contribution in [0.5, 0.6) is 0 Å².